The third kappa shape index (κ3) is 3.26. The van der Waals surface area contributed by atoms with E-state index in [4.69, 9.17) is 0 Å². The lowest BCUT2D eigenvalue weighted by Gasteiger charge is -2.10. The Labute approximate surface area is 123 Å². The second kappa shape index (κ2) is 6.20. The summed E-state index contributed by atoms with van der Waals surface area (Å²) in [5, 5.41) is 6.40. The van der Waals surface area contributed by atoms with E-state index in [1.165, 1.54) is 15.3 Å². The highest BCUT2D eigenvalue weighted by Crippen LogP contribution is 2.27. The first-order valence-electron chi connectivity index (χ1n) is 6.95. The normalized spacial score (nSPS) is 18.2. The van der Waals surface area contributed by atoms with Gasteiger partial charge in [0.15, 0.2) is 0 Å². The molecule has 20 heavy (non-hydrogen) atoms. The van der Waals surface area contributed by atoms with Gasteiger partial charge in [0.25, 0.3) is 0 Å². The minimum absolute atomic E-state index is 0.180. The Morgan fingerprint density at radius 3 is 2.80 bits per heavy atom. The first kappa shape index (κ1) is 13.3. The Morgan fingerprint density at radius 1 is 1.20 bits per heavy atom. The molecular weight excluding hydrogens is 268 g/mol. The fourth-order valence-corrected chi connectivity index (χ4v) is 3.41. The molecule has 0 bridgehead atoms. The molecule has 1 saturated heterocycles. The van der Waals surface area contributed by atoms with Gasteiger partial charge in [0.05, 0.1) is 0 Å². The van der Waals surface area contributed by atoms with Gasteiger partial charge in [0.1, 0.15) is 0 Å². The summed E-state index contributed by atoms with van der Waals surface area (Å²) in [6.45, 7) is 1.72. The molecule has 3 rings (SSSR count). The molecule has 0 aliphatic carbocycles. The van der Waals surface area contributed by atoms with Gasteiger partial charge in [-0.05, 0) is 24.1 Å². The van der Waals surface area contributed by atoms with Gasteiger partial charge in [0.2, 0.25) is 5.91 Å². The third-order valence-corrected chi connectivity index (χ3v) is 4.63. The zero-order chi connectivity index (χ0) is 13.8. The highest BCUT2D eigenvalue weighted by Gasteiger charge is 2.19. The van der Waals surface area contributed by atoms with Crippen LogP contribution in [-0.4, -0.2) is 18.5 Å². The molecule has 0 saturated carbocycles. The van der Waals surface area contributed by atoms with Gasteiger partial charge < -0.3 is 10.6 Å². The lowest BCUT2D eigenvalue weighted by Crippen LogP contribution is -2.35. The van der Waals surface area contributed by atoms with Crippen LogP contribution in [0.2, 0.25) is 0 Å². The number of rotatable bonds is 5. The highest BCUT2D eigenvalue weighted by atomic mass is 32.1. The Hall–Kier alpha value is -1.65. The molecule has 104 valence electrons. The molecular formula is C16H18N2OS. The van der Waals surface area contributed by atoms with E-state index in [9.17, 15) is 4.79 Å². The van der Waals surface area contributed by atoms with Crippen LogP contribution in [0.4, 0.5) is 0 Å². The van der Waals surface area contributed by atoms with Crippen LogP contribution in [0.1, 0.15) is 17.7 Å². The number of amides is 1. The first-order chi connectivity index (χ1) is 9.81. The Bertz CT molecular complexity index is 579. The van der Waals surface area contributed by atoms with Crippen molar-refractivity contribution in [1.82, 2.24) is 10.6 Å². The summed E-state index contributed by atoms with van der Waals surface area (Å²) < 4.78 is 0. The average molecular weight is 286 g/mol. The van der Waals surface area contributed by atoms with Crippen LogP contribution in [-0.2, 0) is 11.3 Å². The predicted molar refractivity (Wildman–Crippen MR) is 82.6 cm³/mol. The van der Waals surface area contributed by atoms with E-state index in [0.29, 0.717) is 12.5 Å². The summed E-state index contributed by atoms with van der Waals surface area (Å²) in [6.07, 6.45) is 1.62. The molecule has 2 aromatic rings. The molecule has 1 aliphatic heterocycles. The SMILES string of the molecule is O=C1CCC(CNCc2ccc(-c3ccccc3)s2)N1. The van der Waals surface area contributed by atoms with Crippen molar-refractivity contribution in [1.29, 1.82) is 0 Å². The number of thiophene rings is 1. The minimum Gasteiger partial charge on any atom is -0.352 e. The Balaban J connectivity index is 1.52. The smallest absolute Gasteiger partial charge is 0.220 e. The van der Waals surface area contributed by atoms with Crippen LogP contribution in [0.15, 0.2) is 42.5 Å². The fraction of sp³-hybridized carbons (Fsp3) is 0.312. The average Bonchev–Trinajstić information content (AvgIpc) is 3.09. The third-order valence-electron chi connectivity index (χ3n) is 3.49. The van der Waals surface area contributed by atoms with E-state index in [0.717, 1.165) is 19.5 Å². The maximum Gasteiger partial charge on any atom is 0.220 e. The van der Waals surface area contributed by atoms with Gasteiger partial charge in [-0.3, -0.25) is 4.79 Å². The molecule has 0 spiro atoms. The van der Waals surface area contributed by atoms with E-state index < -0.39 is 0 Å². The van der Waals surface area contributed by atoms with Gasteiger partial charge in [0, 0.05) is 35.3 Å². The van der Waals surface area contributed by atoms with Crippen LogP contribution in [0.5, 0.6) is 0 Å². The van der Waals surface area contributed by atoms with Crippen molar-refractivity contribution in [3.05, 3.63) is 47.3 Å². The summed E-state index contributed by atoms with van der Waals surface area (Å²) >= 11 is 1.82. The molecule has 2 heterocycles. The molecule has 1 aromatic carbocycles. The van der Waals surface area contributed by atoms with Gasteiger partial charge >= 0.3 is 0 Å². The van der Waals surface area contributed by atoms with Crippen molar-refractivity contribution in [2.75, 3.05) is 6.54 Å². The number of carbonyl (C=O) groups is 1. The second-order valence-electron chi connectivity index (χ2n) is 5.07. The summed E-state index contributed by atoms with van der Waals surface area (Å²) in [6, 6.07) is 15.1. The maximum atomic E-state index is 11.1. The first-order valence-corrected chi connectivity index (χ1v) is 7.77. The lowest BCUT2D eigenvalue weighted by atomic mass is 10.2. The van der Waals surface area contributed by atoms with Gasteiger partial charge in [-0.1, -0.05) is 30.3 Å². The second-order valence-corrected chi connectivity index (χ2v) is 6.23. The molecule has 1 atom stereocenters. The fourth-order valence-electron chi connectivity index (χ4n) is 2.43. The lowest BCUT2D eigenvalue weighted by molar-refractivity contribution is -0.119. The number of hydrogen-bond acceptors (Lipinski definition) is 3. The minimum atomic E-state index is 0.180. The van der Waals surface area contributed by atoms with Crippen LogP contribution < -0.4 is 10.6 Å². The van der Waals surface area contributed by atoms with Crippen molar-refractivity contribution in [2.24, 2.45) is 0 Å². The van der Waals surface area contributed by atoms with E-state index in [1.807, 2.05) is 17.4 Å². The van der Waals surface area contributed by atoms with Crippen molar-refractivity contribution in [3.63, 3.8) is 0 Å². The van der Waals surface area contributed by atoms with Crippen LogP contribution in [0.3, 0.4) is 0 Å². The van der Waals surface area contributed by atoms with E-state index in [-0.39, 0.29) is 5.91 Å². The molecule has 1 unspecified atom stereocenters. The van der Waals surface area contributed by atoms with E-state index in [1.54, 1.807) is 0 Å². The van der Waals surface area contributed by atoms with Crippen LogP contribution in [0.25, 0.3) is 10.4 Å². The Kier molecular flexibility index (Phi) is 4.14. The van der Waals surface area contributed by atoms with Gasteiger partial charge in [-0.25, -0.2) is 0 Å². The van der Waals surface area contributed by atoms with Gasteiger partial charge in [-0.15, -0.1) is 11.3 Å². The largest absolute Gasteiger partial charge is 0.352 e. The summed E-state index contributed by atoms with van der Waals surface area (Å²) in [4.78, 5) is 13.7. The van der Waals surface area contributed by atoms with Crippen molar-refractivity contribution in [3.8, 4) is 10.4 Å². The summed E-state index contributed by atoms with van der Waals surface area (Å²) in [5.74, 6) is 0.180. The summed E-state index contributed by atoms with van der Waals surface area (Å²) in [5.41, 5.74) is 1.27. The predicted octanol–water partition coefficient (Wildman–Crippen LogP) is 2.78. The molecule has 3 nitrogen and oxygen atoms in total. The molecule has 0 radical (unpaired) electrons. The van der Waals surface area contributed by atoms with Crippen LogP contribution in [0, 0.1) is 0 Å². The topological polar surface area (TPSA) is 41.1 Å². The van der Waals surface area contributed by atoms with Crippen molar-refractivity contribution < 1.29 is 4.79 Å². The highest BCUT2D eigenvalue weighted by molar-refractivity contribution is 7.15. The number of hydrogen-bond donors (Lipinski definition) is 2. The standard InChI is InChI=1S/C16H18N2OS/c19-16-9-6-13(18-16)10-17-11-14-7-8-15(20-14)12-4-2-1-3-5-12/h1-5,7-8,13,17H,6,9-11H2,(H,18,19). The van der Waals surface area contributed by atoms with Gasteiger partial charge in [-0.2, -0.15) is 0 Å². The molecule has 1 amide bonds. The molecule has 2 N–H and O–H groups in total. The van der Waals surface area contributed by atoms with Crippen LogP contribution >= 0.6 is 11.3 Å². The van der Waals surface area contributed by atoms with Crippen molar-refractivity contribution >= 4 is 17.2 Å². The van der Waals surface area contributed by atoms with Crippen molar-refractivity contribution in [2.45, 2.75) is 25.4 Å². The zero-order valence-electron chi connectivity index (χ0n) is 11.3. The molecule has 1 aliphatic rings. The number of benzene rings is 1. The molecule has 1 aromatic heterocycles. The van der Waals surface area contributed by atoms with E-state index >= 15 is 0 Å². The zero-order valence-corrected chi connectivity index (χ0v) is 12.1. The Morgan fingerprint density at radius 2 is 2.05 bits per heavy atom. The number of nitrogens with one attached hydrogen (secondary N) is 2. The number of carbonyl (C=O) groups excluding carboxylic acids is 1. The quantitative estimate of drug-likeness (QED) is 0.887. The monoisotopic (exact) mass is 286 g/mol. The summed E-state index contributed by atoms with van der Waals surface area (Å²) in [7, 11) is 0. The molecule has 4 heteroatoms. The molecule has 1 fully saturated rings. The van der Waals surface area contributed by atoms with E-state index in [2.05, 4.69) is 47.0 Å². The maximum absolute atomic E-state index is 11.1.